The van der Waals surface area contributed by atoms with Gasteiger partial charge in [-0.15, -0.1) is 0 Å². The van der Waals surface area contributed by atoms with Gasteiger partial charge in [-0.3, -0.25) is 9.69 Å². The third-order valence-electron chi connectivity index (χ3n) is 4.04. The van der Waals surface area contributed by atoms with E-state index >= 15 is 0 Å². The average molecular weight is 342 g/mol. The Balaban J connectivity index is 2.00. The van der Waals surface area contributed by atoms with Crippen LogP contribution in [0.4, 0.5) is 5.69 Å². The van der Waals surface area contributed by atoms with Gasteiger partial charge < -0.3 is 14.8 Å². The summed E-state index contributed by atoms with van der Waals surface area (Å²) < 4.78 is 10.9. The van der Waals surface area contributed by atoms with Crippen molar-refractivity contribution in [3.8, 4) is 11.5 Å². The zero-order valence-corrected chi connectivity index (χ0v) is 15.3. The fourth-order valence-electron chi connectivity index (χ4n) is 2.48. The molecule has 0 saturated carbocycles. The monoisotopic (exact) mass is 342 g/mol. The molecule has 1 atom stereocenters. The summed E-state index contributed by atoms with van der Waals surface area (Å²) in [4.78, 5) is 14.4. The van der Waals surface area contributed by atoms with Gasteiger partial charge in [-0.1, -0.05) is 24.3 Å². The lowest BCUT2D eigenvalue weighted by Crippen LogP contribution is -2.39. The van der Waals surface area contributed by atoms with E-state index in [1.807, 2.05) is 74.3 Å². The largest absolute Gasteiger partial charge is 0.493 e. The molecular formula is C20H26N2O3. The summed E-state index contributed by atoms with van der Waals surface area (Å²) in [6, 6.07) is 15.0. The standard InChI is InChI=1S/C20H26N2O3/c1-5-25-18-12-11-16(13-19(18)24-4)14-22(3)15(2)20(23)21-17-9-7-6-8-10-17/h6-13,15H,5,14H2,1-4H3,(H,21,23)/t15-/m0/s1. The van der Waals surface area contributed by atoms with Gasteiger partial charge in [0.05, 0.1) is 19.8 Å². The van der Waals surface area contributed by atoms with Crippen molar-refractivity contribution in [1.29, 1.82) is 0 Å². The molecule has 2 aromatic rings. The summed E-state index contributed by atoms with van der Waals surface area (Å²) in [5.41, 5.74) is 1.86. The minimum atomic E-state index is -0.266. The topological polar surface area (TPSA) is 50.8 Å². The number of ether oxygens (including phenoxy) is 2. The summed E-state index contributed by atoms with van der Waals surface area (Å²) >= 11 is 0. The van der Waals surface area contributed by atoms with E-state index in [1.165, 1.54) is 0 Å². The Morgan fingerprint density at radius 2 is 1.88 bits per heavy atom. The van der Waals surface area contributed by atoms with E-state index in [0.29, 0.717) is 18.9 Å². The van der Waals surface area contributed by atoms with Crippen LogP contribution in [0, 0.1) is 0 Å². The molecule has 0 unspecified atom stereocenters. The molecule has 5 heteroatoms. The van der Waals surface area contributed by atoms with Crippen LogP contribution >= 0.6 is 0 Å². The lowest BCUT2D eigenvalue weighted by atomic mass is 10.1. The first kappa shape index (κ1) is 18.8. The average Bonchev–Trinajstić information content (AvgIpc) is 2.63. The van der Waals surface area contributed by atoms with Crippen LogP contribution in [-0.4, -0.2) is 37.6 Å². The number of nitrogens with zero attached hydrogens (tertiary/aromatic N) is 1. The first-order valence-electron chi connectivity index (χ1n) is 8.41. The number of rotatable bonds is 8. The van der Waals surface area contributed by atoms with Crippen molar-refractivity contribution in [3.63, 3.8) is 0 Å². The van der Waals surface area contributed by atoms with Crippen LogP contribution in [-0.2, 0) is 11.3 Å². The van der Waals surface area contributed by atoms with Gasteiger partial charge in [0.1, 0.15) is 0 Å². The fraction of sp³-hybridized carbons (Fsp3) is 0.350. The number of methoxy groups -OCH3 is 1. The smallest absolute Gasteiger partial charge is 0.241 e. The number of nitrogens with one attached hydrogen (secondary N) is 1. The van der Waals surface area contributed by atoms with E-state index in [2.05, 4.69) is 5.32 Å². The van der Waals surface area contributed by atoms with Crippen LogP contribution in [0.3, 0.4) is 0 Å². The third kappa shape index (κ3) is 5.22. The maximum Gasteiger partial charge on any atom is 0.241 e. The van der Waals surface area contributed by atoms with Gasteiger partial charge in [0, 0.05) is 12.2 Å². The molecule has 0 spiro atoms. The molecule has 2 rings (SSSR count). The number of carbonyl (C=O) groups excluding carboxylic acids is 1. The number of hydrogen-bond donors (Lipinski definition) is 1. The Morgan fingerprint density at radius 1 is 1.16 bits per heavy atom. The van der Waals surface area contributed by atoms with Gasteiger partial charge in [-0.25, -0.2) is 0 Å². The maximum absolute atomic E-state index is 12.4. The summed E-state index contributed by atoms with van der Waals surface area (Å²) in [7, 11) is 3.56. The Bertz CT molecular complexity index is 689. The molecule has 1 amide bonds. The van der Waals surface area contributed by atoms with Gasteiger partial charge in [-0.2, -0.15) is 0 Å². The predicted molar refractivity (Wildman–Crippen MR) is 100 cm³/mol. The summed E-state index contributed by atoms with van der Waals surface area (Å²) in [6.07, 6.45) is 0. The van der Waals surface area contributed by atoms with Crippen LogP contribution in [0.2, 0.25) is 0 Å². The normalized spacial score (nSPS) is 11.9. The molecule has 0 heterocycles. The van der Waals surface area contributed by atoms with Crippen molar-refractivity contribution < 1.29 is 14.3 Å². The highest BCUT2D eigenvalue weighted by atomic mass is 16.5. The molecule has 0 aliphatic rings. The molecule has 25 heavy (non-hydrogen) atoms. The highest BCUT2D eigenvalue weighted by Crippen LogP contribution is 2.28. The molecule has 0 fully saturated rings. The van der Waals surface area contributed by atoms with Crippen LogP contribution in [0.1, 0.15) is 19.4 Å². The van der Waals surface area contributed by atoms with Crippen LogP contribution in [0.5, 0.6) is 11.5 Å². The first-order chi connectivity index (χ1) is 12.0. The van der Waals surface area contributed by atoms with Gasteiger partial charge in [0.2, 0.25) is 5.91 Å². The van der Waals surface area contributed by atoms with Crippen molar-refractivity contribution >= 4 is 11.6 Å². The molecular weight excluding hydrogens is 316 g/mol. The van der Waals surface area contributed by atoms with Gasteiger partial charge in [0.25, 0.3) is 0 Å². The highest BCUT2D eigenvalue weighted by Gasteiger charge is 2.19. The van der Waals surface area contributed by atoms with E-state index in [-0.39, 0.29) is 11.9 Å². The van der Waals surface area contributed by atoms with Crippen molar-refractivity contribution in [2.45, 2.75) is 26.4 Å². The maximum atomic E-state index is 12.4. The van der Waals surface area contributed by atoms with E-state index in [1.54, 1.807) is 7.11 Å². The Morgan fingerprint density at radius 3 is 2.52 bits per heavy atom. The van der Waals surface area contributed by atoms with E-state index < -0.39 is 0 Å². The van der Waals surface area contributed by atoms with Crippen molar-refractivity contribution in [3.05, 3.63) is 54.1 Å². The van der Waals surface area contributed by atoms with Crippen LogP contribution in [0.25, 0.3) is 0 Å². The van der Waals surface area contributed by atoms with Gasteiger partial charge >= 0.3 is 0 Å². The SMILES string of the molecule is CCOc1ccc(CN(C)[C@@H](C)C(=O)Nc2ccccc2)cc1OC. The molecule has 0 aliphatic carbocycles. The van der Waals surface area contributed by atoms with E-state index in [4.69, 9.17) is 9.47 Å². The van der Waals surface area contributed by atoms with Crippen molar-refractivity contribution in [2.24, 2.45) is 0 Å². The first-order valence-corrected chi connectivity index (χ1v) is 8.41. The van der Waals surface area contributed by atoms with Crippen molar-refractivity contribution in [1.82, 2.24) is 4.90 Å². The van der Waals surface area contributed by atoms with Crippen LogP contribution < -0.4 is 14.8 Å². The van der Waals surface area contributed by atoms with Crippen molar-refractivity contribution in [2.75, 3.05) is 26.1 Å². The molecule has 0 saturated heterocycles. The predicted octanol–water partition coefficient (Wildman–Crippen LogP) is 3.55. The molecule has 134 valence electrons. The molecule has 5 nitrogen and oxygen atoms in total. The number of benzene rings is 2. The Labute approximate surface area is 149 Å². The second-order valence-corrected chi connectivity index (χ2v) is 5.86. The van der Waals surface area contributed by atoms with E-state index in [9.17, 15) is 4.79 Å². The lowest BCUT2D eigenvalue weighted by Gasteiger charge is -2.24. The second kappa shape index (κ2) is 9.08. The minimum Gasteiger partial charge on any atom is -0.493 e. The number of hydrogen-bond acceptors (Lipinski definition) is 4. The molecule has 0 bridgehead atoms. The number of anilines is 1. The number of para-hydroxylation sites is 1. The number of amides is 1. The molecule has 2 aromatic carbocycles. The summed E-state index contributed by atoms with van der Waals surface area (Å²) in [5, 5.41) is 2.93. The third-order valence-corrected chi connectivity index (χ3v) is 4.04. The Hall–Kier alpha value is -2.53. The summed E-state index contributed by atoms with van der Waals surface area (Å²) in [5.74, 6) is 1.40. The number of likely N-dealkylation sites (N-methyl/N-ethyl adjacent to an activating group) is 1. The minimum absolute atomic E-state index is 0.0356. The van der Waals surface area contributed by atoms with Gasteiger partial charge in [0.15, 0.2) is 11.5 Å². The molecule has 0 radical (unpaired) electrons. The number of carbonyl (C=O) groups is 1. The Kier molecular flexibility index (Phi) is 6.83. The quantitative estimate of drug-likeness (QED) is 0.797. The summed E-state index contributed by atoms with van der Waals surface area (Å²) in [6.45, 7) is 5.05. The zero-order valence-electron chi connectivity index (χ0n) is 15.3. The molecule has 1 N–H and O–H groups in total. The molecule has 0 aliphatic heterocycles. The van der Waals surface area contributed by atoms with E-state index in [0.717, 1.165) is 17.0 Å². The zero-order chi connectivity index (χ0) is 18.2. The lowest BCUT2D eigenvalue weighted by molar-refractivity contribution is -0.120. The fourth-order valence-corrected chi connectivity index (χ4v) is 2.48. The molecule has 0 aromatic heterocycles. The second-order valence-electron chi connectivity index (χ2n) is 5.86. The van der Waals surface area contributed by atoms with Gasteiger partial charge in [-0.05, 0) is 50.7 Å². The van der Waals surface area contributed by atoms with Crippen LogP contribution in [0.15, 0.2) is 48.5 Å². The highest BCUT2D eigenvalue weighted by molar-refractivity contribution is 5.94.